The van der Waals surface area contributed by atoms with Crippen molar-refractivity contribution in [2.75, 3.05) is 6.61 Å². The van der Waals surface area contributed by atoms with Crippen LogP contribution in [0.4, 0.5) is 0 Å². The topological polar surface area (TPSA) is 213 Å². The van der Waals surface area contributed by atoms with Crippen molar-refractivity contribution in [1.82, 2.24) is 4.98 Å². The number of esters is 6. The molecular weight excluding hydrogens is 662 g/mol. The lowest BCUT2D eigenvalue weighted by molar-refractivity contribution is -0.362. The third kappa shape index (κ3) is 5.99. The Labute approximate surface area is 286 Å². The second kappa shape index (κ2) is 13.1. The van der Waals surface area contributed by atoms with E-state index in [0.29, 0.717) is 0 Å². The summed E-state index contributed by atoms with van der Waals surface area (Å²) < 4.78 is 47.5. The highest BCUT2D eigenvalue weighted by Gasteiger charge is 2.89. The average molecular weight is 702 g/mol. The number of aliphatic hydroxyl groups is 1. The summed E-state index contributed by atoms with van der Waals surface area (Å²) >= 11 is 0. The SMILES string of the molecule is CC(=O)OCC12C(OC(C)=O)C(OC(C)=O)CC(C)(O)C13OC(C)(C)C(C(OC(=O)c1cccnc1)C2OC(=O)c1ccoc1)C3OC(C)=O. The van der Waals surface area contributed by atoms with Crippen LogP contribution in [0.5, 0.6) is 0 Å². The number of rotatable bonds is 9. The van der Waals surface area contributed by atoms with Gasteiger partial charge in [-0.1, -0.05) is 0 Å². The van der Waals surface area contributed by atoms with Gasteiger partial charge in [-0.2, -0.15) is 0 Å². The maximum atomic E-state index is 13.9. The molecule has 9 unspecified atom stereocenters. The minimum absolute atomic E-state index is 0.0102. The fraction of sp³-hybridized carbons (Fsp3) is 0.559. The minimum Gasteiger partial charge on any atom is -0.472 e. The van der Waals surface area contributed by atoms with Gasteiger partial charge in [0.05, 0.1) is 34.5 Å². The molecule has 3 aliphatic rings. The molecule has 2 aliphatic carbocycles. The van der Waals surface area contributed by atoms with Crippen LogP contribution in [-0.4, -0.2) is 99.8 Å². The van der Waals surface area contributed by atoms with Crippen molar-refractivity contribution >= 4 is 35.8 Å². The van der Waals surface area contributed by atoms with Gasteiger partial charge in [0.1, 0.15) is 36.6 Å². The predicted molar refractivity (Wildman–Crippen MR) is 164 cm³/mol. The van der Waals surface area contributed by atoms with E-state index in [-0.39, 0.29) is 11.1 Å². The first-order valence-corrected chi connectivity index (χ1v) is 15.8. The highest BCUT2D eigenvalue weighted by molar-refractivity contribution is 5.90. The number of ether oxygens (including phenoxy) is 7. The molecule has 9 atom stereocenters. The molecule has 270 valence electrons. The maximum Gasteiger partial charge on any atom is 0.341 e. The van der Waals surface area contributed by atoms with Crippen molar-refractivity contribution in [3.63, 3.8) is 0 Å². The van der Waals surface area contributed by atoms with Crippen LogP contribution < -0.4 is 0 Å². The Kier molecular flexibility index (Phi) is 9.57. The molecule has 50 heavy (non-hydrogen) atoms. The average Bonchev–Trinajstić information content (AvgIpc) is 3.61. The van der Waals surface area contributed by atoms with Gasteiger partial charge in [0.15, 0.2) is 17.8 Å². The van der Waals surface area contributed by atoms with Crippen LogP contribution in [0.2, 0.25) is 0 Å². The van der Waals surface area contributed by atoms with E-state index in [1.807, 2.05) is 0 Å². The largest absolute Gasteiger partial charge is 0.472 e. The van der Waals surface area contributed by atoms with E-state index >= 15 is 0 Å². The molecule has 1 saturated heterocycles. The molecule has 1 aliphatic heterocycles. The lowest BCUT2D eigenvalue weighted by Crippen LogP contribution is -2.85. The van der Waals surface area contributed by atoms with E-state index in [0.717, 1.165) is 34.0 Å². The number of aromatic nitrogens is 1. The molecule has 5 rings (SSSR count). The van der Waals surface area contributed by atoms with E-state index in [2.05, 4.69) is 4.98 Å². The molecule has 2 aromatic heterocycles. The molecule has 0 amide bonds. The van der Waals surface area contributed by atoms with Gasteiger partial charge in [-0.3, -0.25) is 24.2 Å². The van der Waals surface area contributed by atoms with Gasteiger partial charge < -0.3 is 42.7 Å². The number of pyridine rings is 1. The summed E-state index contributed by atoms with van der Waals surface area (Å²) in [5.41, 5.74) is -8.40. The second-order valence-electron chi connectivity index (χ2n) is 13.4. The summed E-state index contributed by atoms with van der Waals surface area (Å²) in [7, 11) is 0. The summed E-state index contributed by atoms with van der Waals surface area (Å²) in [4.78, 5) is 82.8. The summed E-state index contributed by atoms with van der Waals surface area (Å²) in [6, 6.07) is 4.21. The first-order chi connectivity index (χ1) is 23.4. The predicted octanol–water partition coefficient (Wildman–Crippen LogP) is 2.10. The van der Waals surface area contributed by atoms with Crippen LogP contribution in [0.3, 0.4) is 0 Å². The smallest absolute Gasteiger partial charge is 0.341 e. The highest BCUT2D eigenvalue weighted by Crippen LogP contribution is 2.69. The Morgan fingerprint density at radius 1 is 0.820 bits per heavy atom. The van der Waals surface area contributed by atoms with Gasteiger partial charge in [-0.15, -0.1) is 0 Å². The van der Waals surface area contributed by atoms with Gasteiger partial charge in [-0.25, -0.2) is 9.59 Å². The van der Waals surface area contributed by atoms with E-state index in [4.69, 9.17) is 37.6 Å². The Morgan fingerprint density at radius 3 is 2.02 bits per heavy atom. The van der Waals surface area contributed by atoms with E-state index < -0.39 is 107 Å². The molecule has 2 bridgehead atoms. The first kappa shape index (κ1) is 36.5. The third-order valence-electron chi connectivity index (χ3n) is 9.60. The molecule has 16 nitrogen and oxygen atoms in total. The summed E-state index contributed by atoms with van der Waals surface area (Å²) in [5, 5.41) is 12.6. The number of furan rings is 1. The van der Waals surface area contributed by atoms with E-state index in [1.165, 1.54) is 43.8 Å². The van der Waals surface area contributed by atoms with Crippen molar-refractivity contribution in [3.05, 3.63) is 54.2 Å². The van der Waals surface area contributed by atoms with Crippen LogP contribution in [0.1, 0.15) is 75.6 Å². The fourth-order valence-corrected chi connectivity index (χ4v) is 8.10. The molecule has 1 N–H and O–H groups in total. The Bertz CT molecular complexity index is 1650. The number of fused-ring (bicyclic) bond motifs is 1. The molecule has 3 fully saturated rings. The Morgan fingerprint density at radius 2 is 1.46 bits per heavy atom. The minimum atomic E-state index is -2.34. The van der Waals surface area contributed by atoms with Gasteiger partial charge in [0.2, 0.25) is 0 Å². The number of hydrogen-bond acceptors (Lipinski definition) is 16. The number of hydrogen-bond donors (Lipinski definition) is 1. The molecule has 3 heterocycles. The molecule has 16 heteroatoms. The van der Waals surface area contributed by atoms with Gasteiger partial charge >= 0.3 is 35.8 Å². The normalized spacial score (nSPS) is 33.6. The van der Waals surface area contributed by atoms with E-state index in [1.54, 1.807) is 13.8 Å². The van der Waals surface area contributed by atoms with Crippen LogP contribution in [0, 0.1) is 11.3 Å². The van der Waals surface area contributed by atoms with Crippen molar-refractivity contribution < 1.29 is 71.4 Å². The molecule has 1 spiro atoms. The summed E-state index contributed by atoms with van der Waals surface area (Å²) in [6.45, 7) is 7.97. The van der Waals surface area contributed by atoms with Crippen LogP contribution in [0.25, 0.3) is 0 Å². The first-order valence-electron chi connectivity index (χ1n) is 15.8. The van der Waals surface area contributed by atoms with Crippen molar-refractivity contribution in [1.29, 1.82) is 0 Å². The van der Waals surface area contributed by atoms with Gasteiger partial charge in [-0.05, 0) is 39.0 Å². The van der Waals surface area contributed by atoms with Crippen molar-refractivity contribution in [2.24, 2.45) is 11.3 Å². The zero-order valence-corrected chi connectivity index (χ0v) is 28.5. The number of nitrogens with zero attached hydrogens (tertiary/aromatic N) is 1. The molecule has 0 aromatic carbocycles. The van der Waals surface area contributed by atoms with Crippen molar-refractivity contribution in [3.8, 4) is 0 Å². The van der Waals surface area contributed by atoms with Gasteiger partial charge in [0, 0.05) is 46.5 Å². The van der Waals surface area contributed by atoms with Crippen LogP contribution in [0.15, 0.2) is 47.5 Å². The lowest BCUT2D eigenvalue weighted by atomic mass is 9.45. The van der Waals surface area contributed by atoms with Crippen LogP contribution in [-0.2, 0) is 52.3 Å². The Balaban J connectivity index is 1.90. The van der Waals surface area contributed by atoms with E-state index in [9.17, 15) is 33.9 Å². The Hall–Kier alpha value is -4.83. The standard InChI is InChI=1S/C34H39NO15/c1-17(36)44-16-33-26(46-19(3)38)23(45-18(2)37)13-32(7,42)34(33)27(47-20(4)39)24(31(5,6)50-34)25(48-29(40)21-9-8-11-35-14-21)28(33)49-30(41)22-10-12-43-15-22/h8-12,14-15,23-28,42H,13,16H2,1-7H3. The second-order valence-corrected chi connectivity index (χ2v) is 13.4. The van der Waals surface area contributed by atoms with Gasteiger partial charge in [0.25, 0.3) is 0 Å². The monoisotopic (exact) mass is 701 g/mol. The molecular formula is C34H39NO15. The molecule has 2 aromatic rings. The fourth-order valence-electron chi connectivity index (χ4n) is 8.10. The third-order valence-corrected chi connectivity index (χ3v) is 9.60. The number of carbonyl (C=O) groups excluding carboxylic acids is 6. The van der Waals surface area contributed by atoms with Crippen molar-refractivity contribution in [2.45, 2.75) is 102 Å². The number of carbonyl (C=O) groups is 6. The lowest BCUT2D eigenvalue weighted by Gasteiger charge is -2.66. The maximum absolute atomic E-state index is 13.9. The quantitative estimate of drug-likeness (QED) is 0.293. The molecule has 0 radical (unpaired) electrons. The zero-order valence-electron chi connectivity index (χ0n) is 28.5. The molecule has 2 saturated carbocycles. The highest BCUT2D eigenvalue weighted by atomic mass is 16.7. The van der Waals surface area contributed by atoms with Crippen LogP contribution >= 0.6 is 0 Å². The summed E-state index contributed by atoms with van der Waals surface area (Å²) in [5.74, 6) is -6.64. The zero-order chi connectivity index (χ0) is 36.8. The summed E-state index contributed by atoms with van der Waals surface area (Å²) in [6.07, 6.45) is -3.77.